The molecule has 116 valence electrons. The Morgan fingerprint density at radius 3 is 2.92 bits per heavy atom. The molecule has 5 aromatic rings. The fourth-order valence-electron chi connectivity index (χ4n) is 2.85. The second kappa shape index (κ2) is 4.95. The predicted molar refractivity (Wildman–Crippen MR) is 93.1 cm³/mol. The summed E-state index contributed by atoms with van der Waals surface area (Å²) in [5, 5.41) is 11.6. The zero-order valence-corrected chi connectivity index (χ0v) is 12.5. The van der Waals surface area contributed by atoms with E-state index < -0.39 is 0 Å². The van der Waals surface area contributed by atoms with Gasteiger partial charge in [0.05, 0.1) is 28.6 Å². The Bertz CT molecular complexity index is 1110. The smallest absolute Gasteiger partial charge is 0.158 e. The Balaban J connectivity index is 1.59. The number of hydrogen-bond donors (Lipinski definition) is 4. The lowest BCUT2D eigenvalue weighted by Gasteiger charge is -2.06. The third-order valence-electron chi connectivity index (χ3n) is 4.00. The van der Waals surface area contributed by atoms with Crippen molar-refractivity contribution < 1.29 is 0 Å². The van der Waals surface area contributed by atoms with E-state index in [0.717, 1.165) is 45.0 Å². The number of anilines is 2. The second-order valence-electron chi connectivity index (χ2n) is 5.48. The maximum Gasteiger partial charge on any atom is 0.158 e. The number of fused-ring (bicyclic) bond motifs is 2. The average Bonchev–Trinajstić information content (AvgIpc) is 3.33. The van der Waals surface area contributed by atoms with E-state index >= 15 is 0 Å². The molecule has 7 heteroatoms. The van der Waals surface area contributed by atoms with Gasteiger partial charge < -0.3 is 15.3 Å². The Morgan fingerprint density at radius 1 is 1.00 bits per heavy atom. The Hall–Kier alpha value is -3.61. The van der Waals surface area contributed by atoms with Gasteiger partial charge in [-0.2, -0.15) is 5.10 Å². The Kier molecular flexibility index (Phi) is 2.66. The van der Waals surface area contributed by atoms with Crippen LogP contribution in [0.15, 0.2) is 55.0 Å². The van der Waals surface area contributed by atoms with E-state index in [4.69, 9.17) is 0 Å². The van der Waals surface area contributed by atoms with Gasteiger partial charge in [-0.05, 0) is 24.3 Å². The normalized spacial score (nSPS) is 11.3. The first kappa shape index (κ1) is 12.9. The molecule has 0 saturated carbocycles. The number of rotatable bonds is 3. The zero-order chi connectivity index (χ0) is 15.9. The number of nitrogens with zero attached hydrogens (tertiary/aromatic N) is 3. The van der Waals surface area contributed by atoms with Crippen LogP contribution >= 0.6 is 0 Å². The number of benzene rings is 1. The highest BCUT2D eigenvalue weighted by molar-refractivity contribution is 5.92. The lowest BCUT2D eigenvalue weighted by molar-refractivity contribution is 1.08. The van der Waals surface area contributed by atoms with Crippen molar-refractivity contribution in [3.05, 3.63) is 55.0 Å². The first-order chi connectivity index (χ1) is 11.9. The minimum absolute atomic E-state index is 0.746. The van der Waals surface area contributed by atoms with Gasteiger partial charge in [0.25, 0.3) is 0 Å². The molecule has 0 fully saturated rings. The summed E-state index contributed by atoms with van der Waals surface area (Å²) >= 11 is 0. The molecule has 1 aromatic carbocycles. The summed E-state index contributed by atoms with van der Waals surface area (Å²) < 4.78 is 0. The number of H-pyrrole nitrogens is 3. The molecule has 0 unspecified atom stereocenters. The van der Waals surface area contributed by atoms with E-state index in [1.807, 2.05) is 42.6 Å². The van der Waals surface area contributed by atoms with Gasteiger partial charge in [-0.15, -0.1) is 0 Å². The molecule has 4 heterocycles. The summed E-state index contributed by atoms with van der Waals surface area (Å²) in [5.74, 6) is 0.746. The van der Waals surface area contributed by atoms with Crippen molar-refractivity contribution in [1.29, 1.82) is 0 Å². The molecule has 4 aromatic heterocycles. The molecule has 24 heavy (non-hydrogen) atoms. The van der Waals surface area contributed by atoms with Crippen molar-refractivity contribution in [1.82, 2.24) is 30.1 Å². The lowest BCUT2D eigenvalue weighted by atomic mass is 10.2. The third-order valence-corrected chi connectivity index (χ3v) is 4.00. The van der Waals surface area contributed by atoms with E-state index in [9.17, 15) is 0 Å². The minimum Gasteiger partial charge on any atom is -0.352 e. The van der Waals surface area contributed by atoms with Crippen molar-refractivity contribution in [2.24, 2.45) is 0 Å². The van der Waals surface area contributed by atoms with Crippen molar-refractivity contribution in [2.45, 2.75) is 0 Å². The van der Waals surface area contributed by atoms with E-state index in [1.54, 1.807) is 12.4 Å². The van der Waals surface area contributed by atoms with Gasteiger partial charge in [0.15, 0.2) is 5.82 Å². The largest absolute Gasteiger partial charge is 0.352 e. The van der Waals surface area contributed by atoms with Gasteiger partial charge in [0.2, 0.25) is 0 Å². The maximum absolute atomic E-state index is 4.62. The maximum atomic E-state index is 4.62. The monoisotopic (exact) mass is 315 g/mol. The predicted octanol–water partition coefficient (Wildman–Crippen LogP) is 3.57. The van der Waals surface area contributed by atoms with Crippen molar-refractivity contribution in [3.63, 3.8) is 0 Å². The standard InChI is InChI=1S/C17H13N7/c1-2-4-13-12(3-1)22-17(23-13)15-14(9-20-24-15)21-11-6-8-19-16-10(11)5-7-18-16/h1-9H,(H,20,24)(H,22,23)(H2,18,19,21). The molecule has 0 aliphatic heterocycles. The number of aromatic amines is 3. The first-order valence-electron chi connectivity index (χ1n) is 7.56. The average molecular weight is 315 g/mol. The van der Waals surface area contributed by atoms with Gasteiger partial charge in [-0.25, -0.2) is 9.97 Å². The van der Waals surface area contributed by atoms with Crippen LogP contribution in [0.25, 0.3) is 33.6 Å². The quantitative estimate of drug-likeness (QED) is 0.409. The van der Waals surface area contributed by atoms with Crippen molar-refractivity contribution >= 4 is 33.4 Å². The van der Waals surface area contributed by atoms with Crippen LogP contribution in [-0.2, 0) is 0 Å². The highest BCUT2D eigenvalue weighted by atomic mass is 15.2. The zero-order valence-electron chi connectivity index (χ0n) is 12.5. The van der Waals surface area contributed by atoms with Crippen molar-refractivity contribution in [3.8, 4) is 11.5 Å². The van der Waals surface area contributed by atoms with Crippen LogP contribution in [0.3, 0.4) is 0 Å². The second-order valence-corrected chi connectivity index (χ2v) is 5.48. The molecule has 4 N–H and O–H groups in total. The van der Waals surface area contributed by atoms with Gasteiger partial charge in [-0.1, -0.05) is 12.1 Å². The molecule has 0 spiro atoms. The van der Waals surface area contributed by atoms with E-state index in [1.165, 1.54) is 0 Å². The first-order valence-corrected chi connectivity index (χ1v) is 7.56. The summed E-state index contributed by atoms with van der Waals surface area (Å²) in [4.78, 5) is 15.4. The highest BCUT2D eigenvalue weighted by Crippen LogP contribution is 2.30. The number of para-hydroxylation sites is 2. The summed E-state index contributed by atoms with van der Waals surface area (Å²) in [7, 11) is 0. The molecule has 5 rings (SSSR count). The molecule has 0 saturated heterocycles. The van der Waals surface area contributed by atoms with Crippen LogP contribution in [0, 0.1) is 0 Å². The SMILES string of the molecule is c1ccc2[nH]c(-c3[nH]ncc3Nc3ccnc4[nH]ccc34)nc2c1. The van der Waals surface area contributed by atoms with E-state index in [2.05, 4.69) is 35.5 Å². The molecule has 0 aliphatic rings. The van der Waals surface area contributed by atoms with Gasteiger partial charge in [-0.3, -0.25) is 5.10 Å². The van der Waals surface area contributed by atoms with Gasteiger partial charge in [0.1, 0.15) is 11.3 Å². The summed E-state index contributed by atoms with van der Waals surface area (Å²) in [6, 6.07) is 11.9. The van der Waals surface area contributed by atoms with Crippen LogP contribution < -0.4 is 5.32 Å². The highest BCUT2D eigenvalue weighted by Gasteiger charge is 2.13. The minimum atomic E-state index is 0.746. The van der Waals surface area contributed by atoms with Crippen LogP contribution in [0.1, 0.15) is 0 Å². The molecular formula is C17H13N7. The summed E-state index contributed by atoms with van der Waals surface area (Å²) in [5.41, 5.74) is 5.37. The number of nitrogens with one attached hydrogen (secondary N) is 4. The Morgan fingerprint density at radius 2 is 1.96 bits per heavy atom. The Labute approximate surface area is 136 Å². The molecule has 0 bridgehead atoms. The van der Waals surface area contributed by atoms with Crippen LogP contribution in [0.5, 0.6) is 0 Å². The molecule has 0 atom stereocenters. The van der Waals surface area contributed by atoms with E-state index in [-0.39, 0.29) is 0 Å². The third kappa shape index (κ3) is 1.95. The number of imidazole rings is 1. The topological polar surface area (TPSA) is 98.1 Å². The fraction of sp³-hybridized carbons (Fsp3) is 0. The number of hydrogen-bond acceptors (Lipinski definition) is 4. The number of pyridine rings is 1. The number of aromatic nitrogens is 6. The molecule has 7 nitrogen and oxygen atoms in total. The lowest BCUT2D eigenvalue weighted by Crippen LogP contribution is -1.93. The van der Waals surface area contributed by atoms with Crippen LogP contribution in [0.4, 0.5) is 11.4 Å². The van der Waals surface area contributed by atoms with Crippen LogP contribution in [0.2, 0.25) is 0 Å². The molecule has 0 amide bonds. The van der Waals surface area contributed by atoms with Gasteiger partial charge in [0, 0.05) is 17.8 Å². The van der Waals surface area contributed by atoms with Crippen LogP contribution in [-0.4, -0.2) is 30.1 Å². The summed E-state index contributed by atoms with van der Waals surface area (Å²) in [6.45, 7) is 0. The fourth-order valence-corrected chi connectivity index (χ4v) is 2.85. The van der Waals surface area contributed by atoms with E-state index in [0.29, 0.717) is 0 Å². The molecule has 0 radical (unpaired) electrons. The summed E-state index contributed by atoms with van der Waals surface area (Å²) in [6.07, 6.45) is 5.39. The van der Waals surface area contributed by atoms with Gasteiger partial charge >= 0.3 is 0 Å². The molecular weight excluding hydrogens is 302 g/mol. The van der Waals surface area contributed by atoms with Crippen molar-refractivity contribution in [2.75, 3.05) is 5.32 Å². The molecule has 0 aliphatic carbocycles.